The van der Waals surface area contributed by atoms with E-state index in [-0.39, 0.29) is 18.0 Å². The van der Waals surface area contributed by atoms with Crippen LogP contribution in [-0.2, 0) is 0 Å². The van der Waals surface area contributed by atoms with Gasteiger partial charge in [-0.15, -0.1) is 12.4 Å². The third-order valence-corrected chi connectivity index (χ3v) is 1.36. The van der Waals surface area contributed by atoms with Gasteiger partial charge in [0.15, 0.2) is 0 Å². The zero-order valence-corrected chi connectivity index (χ0v) is 7.34. The first-order valence-corrected chi connectivity index (χ1v) is 3.22. The lowest BCUT2D eigenvalue weighted by Gasteiger charge is -1.97. The molecular formula is C8H7ClN2O2. The third kappa shape index (κ3) is 2.75. The summed E-state index contributed by atoms with van der Waals surface area (Å²) in [6, 6.07) is 7.94. The average molecular weight is 199 g/mol. The summed E-state index contributed by atoms with van der Waals surface area (Å²) >= 11 is 0. The van der Waals surface area contributed by atoms with Crippen LogP contribution in [0.3, 0.4) is 0 Å². The number of nitriles is 1. The smallest absolute Gasteiger partial charge is 0.274 e. The molecule has 5 heteroatoms. The van der Waals surface area contributed by atoms with Crippen LogP contribution in [0, 0.1) is 11.3 Å². The molecule has 0 unspecified atom stereocenters. The Hall–Kier alpha value is -1.57. The second kappa shape index (κ2) is 5.14. The number of nitrogens with zero attached hydrogens (tertiary/aromatic N) is 1. The minimum absolute atomic E-state index is 0. The van der Waals surface area contributed by atoms with Gasteiger partial charge in [-0.3, -0.25) is 10.0 Å². The van der Waals surface area contributed by atoms with Crippen LogP contribution in [0.15, 0.2) is 24.3 Å². The summed E-state index contributed by atoms with van der Waals surface area (Å²) in [5.41, 5.74) is 2.13. The monoisotopic (exact) mass is 198 g/mol. The molecule has 0 heterocycles. The highest BCUT2D eigenvalue weighted by atomic mass is 35.5. The number of rotatable bonds is 1. The summed E-state index contributed by atoms with van der Waals surface area (Å²) in [5.74, 6) is -0.618. The van der Waals surface area contributed by atoms with E-state index in [1.54, 1.807) is 12.1 Å². The zero-order valence-electron chi connectivity index (χ0n) is 6.52. The van der Waals surface area contributed by atoms with Crippen molar-refractivity contribution in [1.82, 2.24) is 5.48 Å². The number of amides is 1. The van der Waals surface area contributed by atoms with Crippen molar-refractivity contribution in [2.75, 3.05) is 0 Å². The first-order chi connectivity index (χ1) is 5.77. The molecule has 13 heavy (non-hydrogen) atoms. The molecule has 0 fully saturated rings. The largest absolute Gasteiger partial charge is 0.288 e. The highest BCUT2D eigenvalue weighted by Crippen LogP contribution is 2.03. The minimum Gasteiger partial charge on any atom is -0.288 e. The molecule has 2 N–H and O–H groups in total. The van der Waals surface area contributed by atoms with Crippen molar-refractivity contribution in [1.29, 1.82) is 5.26 Å². The maximum Gasteiger partial charge on any atom is 0.274 e. The molecule has 1 aromatic carbocycles. The van der Waals surface area contributed by atoms with E-state index in [4.69, 9.17) is 10.5 Å². The van der Waals surface area contributed by atoms with E-state index in [1.165, 1.54) is 17.6 Å². The molecule has 4 nitrogen and oxygen atoms in total. The lowest BCUT2D eigenvalue weighted by atomic mass is 10.1. The molecule has 0 radical (unpaired) electrons. The van der Waals surface area contributed by atoms with Crippen molar-refractivity contribution < 1.29 is 10.0 Å². The van der Waals surface area contributed by atoms with Gasteiger partial charge in [0.1, 0.15) is 0 Å². The minimum atomic E-state index is -0.618. The van der Waals surface area contributed by atoms with Gasteiger partial charge in [0.2, 0.25) is 0 Å². The van der Waals surface area contributed by atoms with Gasteiger partial charge < -0.3 is 0 Å². The Morgan fingerprint density at radius 1 is 1.54 bits per heavy atom. The quantitative estimate of drug-likeness (QED) is 0.524. The lowest BCUT2D eigenvalue weighted by molar-refractivity contribution is 0.0706. The molecule has 1 amide bonds. The van der Waals surface area contributed by atoms with E-state index < -0.39 is 5.91 Å². The first-order valence-electron chi connectivity index (χ1n) is 3.22. The highest BCUT2D eigenvalue weighted by Gasteiger charge is 2.03. The number of hydrogen-bond acceptors (Lipinski definition) is 3. The number of carbonyl (C=O) groups is 1. The fourth-order valence-corrected chi connectivity index (χ4v) is 0.795. The van der Waals surface area contributed by atoms with E-state index >= 15 is 0 Å². The van der Waals surface area contributed by atoms with Crippen LogP contribution in [0.5, 0.6) is 0 Å². The zero-order chi connectivity index (χ0) is 8.97. The number of hydroxylamine groups is 1. The summed E-state index contributed by atoms with van der Waals surface area (Å²) in [6.45, 7) is 0. The molecule has 0 aliphatic carbocycles. The van der Waals surface area contributed by atoms with Crippen LogP contribution in [0.1, 0.15) is 15.9 Å². The van der Waals surface area contributed by atoms with Crippen molar-refractivity contribution in [3.63, 3.8) is 0 Å². The van der Waals surface area contributed by atoms with Crippen LogP contribution >= 0.6 is 12.4 Å². The van der Waals surface area contributed by atoms with E-state index in [9.17, 15) is 4.79 Å². The Kier molecular flexibility index (Phi) is 4.52. The molecule has 1 aromatic rings. The standard InChI is InChI=1S/C8H6N2O2.ClH/c9-5-6-2-1-3-7(4-6)8(11)10-12;/h1-4,12H,(H,10,11);1H. The van der Waals surface area contributed by atoms with Gasteiger partial charge in [-0.1, -0.05) is 6.07 Å². The van der Waals surface area contributed by atoms with Gasteiger partial charge in [0.05, 0.1) is 11.6 Å². The van der Waals surface area contributed by atoms with Crippen LogP contribution in [0.25, 0.3) is 0 Å². The third-order valence-electron chi connectivity index (χ3n) is 1.36. The number of nitrogens with one attached hydrogen (secondary N) is 1. The molecule has 0 saturated heterocycles. The maximum atomic E-state index is 10.8. The second-order valence-corrected chi connectivity index (χ2v) is 2.13. The van der Waals surface area contributed by atoms with Crippen molar-refractivity contribution in [3.8, 4) is 6.07 Å². The number of hydrogen-bond donors (Lipinski definition) is 2. The van der Waals surface area contributed by atoms with Crippen molar-refractivity contribution >= 4 is 18.3 Å². The maximum absolute atomic E-state index is 10.8. The molecular weight excluding hydrogens is 192 g/mol. The molecule has 0 atom stereocenters. The summed E-state index contributed by atoms with van der Waals surface area (Å²) in [6.07, 6.45) is 0. The first kappa shape index (κ1) is 11.4. The fraction of sp³-hybridized carbons (Fsp3) is 0. The molecule has 0 saturated carbocycles. The van der Waals surface area contributed by atoms with Gasteiger partial charge in [-0.05, 0) is 18.2 Å². The Labute approximate surface area is 81.2 Å². The topological polar surface area (TPSA) is 73.1 Å². The van der Waals surface area contributed by atoms with Crippen molar-refractivity contribution in [2.24, 2.45) is 0 Å². The Balaban J connectivity index is 0.00000144. The van der Waals surface area contributed by atoms with Crippen LogP contribution in [0.4, 0.5) is 0 Å². The molecule has 0 aliphatic heterocycles. The highest BCUT2D eigenvalue weighted by molar-refractivity contribution is 5.93. The Bertz CT molecular complexity index is 346. The lowest BCUT2D eigenvalue weighted by Crippen LogP contribution is -2.18. The molecule has 0 spiro atoms. The predicted octanol–water partition coefficient (Wildman–Crippen LogP) is 1.10. The summed E-state index contributed by atoms with van der Waals surface area (Å²) in [4.78, 5) is 10.8. The summed E-state index contributed by atoms with van der Waals surface area (Å²) in [5, 5.41) is 16.7. The van der Waals surface area contributed by atoms with Crippen LogP contribution < -0.4 is 5.48 Å². The van der Waals surface area contributed by atoms with E-state index in [1.807, 2.05) is 6.07 Å². The number of carbonyl (C=O) groups excluding carboxylic acids is 1. The predicted molar refractivity (Wildman–Crippen MR) is 47.7 cm³/mol. The van der Waals surface area contributed by atoms with Gasteiger partial charge >= 0.3 is 0 Å². The van der Waals surface area contributed by atoms with Crippen molar-refractivity contribution in [2.45, 2.75) is 0 Å². The van der Waals surface area contributed by atoms with Crippen LogP contribution in [0.2, 0.25) is 0 Å². The molecule has 68 valence electrons. The number of halogens is 1. The fourth-order valence-electron chi connectivity index (χ4n) is 0.795. The van der Waals surface area contributed by atoms with E-state index in [0.717, 1.165) is 0 Å². The summed E-state index contributed by atoms with van der Waals surface area (Å²) < 4.78 is 0. The second-order valence-electron chi connectivity index (χ2n) is 2.13. The van der Waals surface area contributed by atoms with Gasteiger partial charge in [0.25, 0.3) is 5.91 Å². The molecule has 0 bridgehead atoms. The average Bonchev–Trinajstić information content (AvgIpc) is 2.17. The van der Waals surface area contributed by atoms with E-state index in [0.29, 0.717) is 5.56 Å². The van der Waals surface area contributed by atoms with Gasteiger partial charge in [0, 0.05) is 5.56 Å². The van der Waals surface area contributed by atoms with Crippen molar-refractivity contribution in [3.05, 3.63) is 35.4 Å². The molecule has 1 rings (SSSR count). The molecule has 0 aliphatic rings. The molecule has 0 aromatic heterocycles. The van der Waals surface area contributed by atoms with Gasteiger partial charge in [-0.25, -0.2) is 5.48 Å². The van der Waals surface area contributed by atoms with Gasteiger partial charge in [-0.2, -0.15) is 5.26 Å². The SMILES string of the molecule is Cl.N#Cc1cccc(C(=O)NO)c1. The normalized spacial score (nSPS) is 8.00. The number of benzene rings is 1. The van der Waals surface area contributed by atoms with Crippen LogP contribution in [-0.4, -0.2) is 11.1 Å². The Morgan fingerprint density at radius 2 is 2.23 bits per heavy atom. The van der Waals surface area contributed by atoms with E-state index in [2.05, 4.69) is 0 Å². The Morgan fingerprint density at radius 3 is 2.77 bits per heavy atom. The summed E-state index contributed by atoms with van der Waals surface area (Å²) in [7, 11) is 0.